The molecule has 2 aromatic carbocycles. The van der Waals surface area contributed by atoms with Crippen LogP contribution in [-0.4, -0.2) is 47.8 Å². The van der Waals surface area contributed by atoms with Crippen LogP contribution >= 0.6 is 0 Å². The van der Waals surface area contributed by atoms with Crippen molar-refractivity contribution in [3.8, 4) is 11.1 Å². The third-order valence-corrected chi connectivity index (χ3v) is 8.85. The number of carbonyl (C=O) groups excluding carboxylic acids is 2. The first-order chi connectivity index (χ1) is 16.1. The molecule has 4 aliphatic carbocycles. The van der Waals surface area contributed by atoms with Gasteiger partial charge >= 0.3 is 0 Å². The van der Waals surface area contributed by atoms with Gasteiger partial charge in [-0.2, -0.15) is 0 Å². The molecule has 0 aromatic heterocycles. The minimum atomic E-state index is 0.0720. The van der Waals surface area contributed by atoms with E-state index in [4.69, 9.17) is 0 Å². The Morgan fingerprint density at radius 1 is 0.697 bits per heavy atom. The smallest absolute Gasteiger partial charge is 0.253 e. The molecule has 4 nitrogen and oxygen atoms in total. The molecule has 5 fully saturated rings. The van der Waals surface area contributed by atoms with Crippen LogP contribution in [0.3, 0.4) is 0 Å². The number of carbonyl (C=O) groups is 2. The summed E-state index contributed by atoms with van der Waals surface area (Å²) in [5.74, 6) is 3.05. The summed E-state index contributed by atoms with van der Waals surface area (Å²) in [5, 5.41) is 0. The Labute approximate surface area is 197 Å². The van der Waals surface area contributed by atoms with Gasteiger partial charge in [-0.1, -0.05) is 42.5 Å². The van der Waals surface area contributed by atoms with E-state index in [-0.39, 0.29) is 5.91 Å². The zero-order chi connectivity index (χ0) is 22.4. The molecule has 5 aliphatic rings. The van der Waals surface area contributed by atoms with E-state index in [1.807, 2.05) is 52.3 Å². The Morgan fingerprint density at radius 3 is 1.79 bits per heavy atom. The molecule has 1 saturated heterocycles. The maximum Gasteiger partial charge on any atom is 0.253 e. The van der Waals surface area contributed by atoms with Crippen LogP contribution in [0.4, 0.5) is 0 Å². The molecule has 1 aliphatic heterocycles. The highest BCUT2D eigenvalue weighted by atomic mass is 16.2. The van der Waals surface area contributed by atoms with Crippen molar-refractivity contribution >= 4 is 11.8 Å². The van der Waals surface area contributed by atoms with Crippen molar-refractivity contribution in [3.63, 3.8) is 0 Å². The molecule has 0 atom stereocenters. The topological polar surface area (TPSA) is 40.6 Å². The Morgan fingerprint density at radius 2 is 1.21 bits per heavy atom. The predicted molar refractivity (Wildman–Crippen MR) is 130 cm³/mol. The Hall–Kier alpha value is -2.62. The second-order valence-corrected chi connectivity index (χ2v) is 11.2. The highest BCUT2D eigenvalue weighted by Gasteiger charge is 2.51. The van der Waals surface area contributed by atoms with Crippen LogP contribution in [0.1, 0.15) is 55.3 Å². The lowest BCUT2D eigenvalue weighted by Gasteiger charge is -2.57. The predicted octanol–water partition coefficient (Wildman–Crippen LogP) is 5.24. The number of amides is 2. The maximum absolute atomic E-state index is 13.2. The number of rotatable bonds is 4. The lowest BCUT2D eigenvalue weighted by molar-refractivity contribution is -0.141. The van der Waals surface area contributed by atoms with Crippen LogP contribution < -0.4 is 0 Å². The number of nitrogens with zero attached hydrogens (tertiary/aromatic N) is 2. The number of piperazine rings is 1. The molecule has 7 rings (SSSR count). The Bertz CT molecular complexity index is 986. The standard InChI is InChI=1S/C29H34N2O2/c32-27(20-29-17-21-14-22(18-29)16-23(15-21)19-29)30-10-12-31(13-11-30)28(33)26-8-6-25(7-9-26)24-4-2-1-3-5-24/h1-9,21-23H,10-20H2. The summed E-state index contributed by atoms with van der Waals surface area (Å²) in [7, 11) is 0. The van der Waals surface area contributed by atoms with Crippen LogP contribution in [0, 0.1) is 23.2 Å². The molecule has 0 spiro atoms. The minimum absolute atomic E-state index is 0.0720. The zero-order valence-electron chi connectivity index (χ0n) is 19.4. The lowest BCUT2D eigenvalue weighted by atomic mass is 9.49. The molecule has 172 valence electrons. The van der Waals surface area contributed by atoms with Crippen molar-refractivity contribution in [1.82, 2.24) is 9.80 Å². The fourth-order valence-corrected chi connectivity index (χ4v) is 7.72. The second kappa shape index (κ2) is 8.30. The monoisotopic (exact) mass is 442 g/mol. The van der Waals surface area contributed by atoms with Gasteiger partial charge in [-0.3, -0.25) is 9.59 Å². The molecular formula is C29H34N2O2. The van der Waals surface area contributed by atoms with E-state index in [0.717, 1.165) is 40.9 Å². The molecule has 4 heteroatoms. The van der Waals surface area contributed by atoms with Crippen LogP contribution in [0.2, 0.25) is 0 Å². The Balaban J connectivity index is 1.04. The molecule has 4 bridgehead atoms. The van der Waals surface area contributed by atoms with Crippen LogP contribution in [-0.2, 0) is 4.79 Å². The van der Waals surface area contributed by atoms with Gasteiger partial charge in [0.25, 0.3) is 5.91 Å². The zero-order valence-corrected chi connectivity index (χ0v) is 19.4. The van der Waals surface area contributed by atoms with Crippen molar-refractivity contribution in [1.29, 1.82) is 0 Å². The van der Waals surface area contributed by atoms with Gasteiger partial charge in [0, 0.05) is 38.2 Å². The van der Waals surface area contributed by atoms with Gasteiger partial charge in [0.2, 0.25) is 5.91 Å². The summed E-state index contributed by atoms with van der Waals surface area (Å²) >= 11 is 0. The molecule has 4 saturated carbocycles. The van der Waals surface area contributed by atoms with Crippen molar-refractivity contribution in [2.75, 3.05) is 26.2 Å². The molecule has 2 aromatic rings. The third-order valence-electron chi connectivity index (χ3n) is 8.85. The molecule has 0 radical (unpaired) electrons. The normalized spacial score (nSPS) is 30.5. The van der Waals surface area contributed by atoms with Gasteiger partial charge < -0.3 is 9.80 Å². The van der Waals surface area contributed by atoms with Crippen LogP contribution in [0.25, 0.3) is 11.1 Å². The molecule has 33 heavy (non-hydrogen) atoms. The summed E-state index contributed by atoms with van der Waals surface area (Å²) in [6, 6.07) is 18.1. The lowest BCUT2D eigenvalue weighted by Crippen LogP contribution is -2.53. The van der Waals surface area contributed by atoms with Crippen LogP contribution in [0.15, 0.2) is 54.6 Å². The van der Waals surface area contributed by atoms with E-state index in [2.05, 4.69) is 12.1 Å². The van der Waals surface area contributed by atoms with Gasteiger partial charge in [0.05, 0.1) is 0 Å². The summed E-state index contributed by atoms with van der Waals surface area (Å²) in [6.07, 6.45) is 8.83. The van der Waals surface area contributed by atoms with E-state index in [1.54, 1.807) is 0 Å². The van der Waals surface area contributed by atoms with Gasteiger partial charge in [0.15, 0.2) is 0 Å². The second-order valence-electron chi connectivity index (χ2n) is 11.2. The average molecular weight is 443 g/mol. The van der Waals surface area contributed by atoms with Gasteiger partial charge in [0.1, 0.15) is 0 Å². The molecule has 1 heterocycles. The first kappa shape index (κ1) is 20.9. The number of hydrogen-bond acceptors (Lipinski definition) is 2. The largest absolute Gasteiger partial charge is 0.339 e. The van der Waals surface area contributed by atoms with Gasteiger partial charge in [-0.25, -0.2) is 0 Å². The summed E-state index contributed by atoms with van der Waals surface area (Å²) in [6.45, 7) is 2.59. The van der Waals surface area contributed by atoms with Crippen molar-refractivity contribution < 1.29 is 9.59 Å². The minimum Gasteiger partial charge on any atom is -0.339 e. The first-order valence-electron chi connectivity index (χ1n) is 12.8. The summed E-state index contributed by atoms with van der Waals surface area (Å²) in [5.41, 5.74) is 3.29. The average Bonchev–Trinajstić information content (AvgIpc) is 2.83. The van der Waals surface area contributed by atoms with Gasteiger partial charge in [-0.05, 0) is 85.0 Å². The maximum atomic E-state index is 13.2. The fourth-order valence-electron chi connectivity index (χ4n) is 7.72. The van der Waals surface area contributed by atoms with E-state index in [0.29, 0.717) is 37.5 Å². The third kappa shape index (κ3) is 4.09. The number of benzene rings is 2. The molecule has 2 amide bonds. The van der Waals surface area contributed by atoms with E-state index in [9.17, 15) is 9.59 Å². The Kier molecular flexibility index (Phi) is 5.27. The van der Waals surface area contributed by atoms with Crippen molar-refractivity contribution in [2.24, 2.45) is 23.2 Å². The van der Waals surface area contributed by atoms with E-state index in [1.165, 1.54) is 38.5 Å². The highest BCUT2D eigenvalue weighted by molar-refractivity contribution is 5.95. The number of hydrogen-bond donors (Lipinski definition) is 0. The molecule has 0 unspecified atom stereocenters. The SMILES string of the molecule is O=C(CC12CC3CC(CC(C3)C1)C2)N1CCN(C(=O)c2ccc(-c3ccccc3)cc2)CC1. The van der Waals surface area contributed by atoms with Crippen molar-refractivity contribution in [3.05, 3.63) is 60.2 Å². The highest BCUT2D eigenvalue weighted by Crippen LogP contribution is 2.61. The fraction of sp³-hybridized carbons (Fsp3) is 0.517. The quantitative estimate of drug-likeness (QED) is 0.649. The summed E-state index contributed by atoms with van der Waals surface area (Å²) < 4.78 is 0. The molecular weight excluding hydrogens is 408 g/mol. The van der Waals surface area contributed by atoms with Gasteiger partial charge in [-0.15, -0.1) is 0 Å². The summed E-state index contributed by atoms with van der Waals surface area (Å²) in [4.78, 5) is 30.2. The first-order valence-corrected chi connectivity index (χ1v) is 12.8. The van der Waals surface area contributed by atoms with E-state index < -0.39 is 0 Å². The van der Waals surface area contributed by atoms with Crippen molar-refractivity contribution in [2.45, 2.75) is 44.9 Å². The molecule has 0 N–H and O–H groups in total. The van der Waals surface area contributed by atoms with E-state index >= 15 is 0 Å². The van der Waals surface area contributed by atoms with Crippen LogP contribution in [0.5, 0.6) is 0 Å².